The molecule has 5 aliphatic rings. The van der Waals surface area contributed by atoms with Crippen LogP contribution in [0.1, 0.15) is 128 Å². The van der Waals surface area contributed by atoms with Crippen LogP contribution in [0.15, 0.2) is 245 Å². The largest absolute Gasteiger partial charge is 0.496 e. The lowest BCUT2D eigenvalue weighted by molar-refractivity contribution is -0.147. The summed E-state index contributed by atoms with van der Waals surface area (Å²) in [6.07, 6.45) is 0.720. The van der Waals surface area contributed by atoms with E-state index in [2.05, 4.69) is 5.32 Å². The molecule has 0 aromatic heterocycles. The molecule has 5 heterocycles. The maximum Gasteiger partial charge on any atom is 0.336 e. The average Bonchev–Trinajstić information content (AvgIpc) is 0.965. The molecule has 0 bridgehead atoms. The first-order valence-corrected chi connectivity index (χ1v) is 42.3. The van der Waals surface area contributed by atoms with Crippen molar-refractivity contribution in [2.24, 2.45) is 0 Å². The number of para-hydroxylation sites is 3. The van der Waals surface area contributed by atoms with Gasteiger partial charge in [-0.15, -0.1) is 0 Å². The van der Waals surface area contributed by atoms with Crippen molar-refractivity contribution in [3.8, 4) is 17.2 Å². The number of halogens is 4. The Morgan fingerprint density at radius 2 is 0.714 bits per heavy atom. The van der Waals surface area contributed by atoms with Gasteiger partial charge in [-0.3, -0.25) is 28.8 Å². The van der Waals surface area contributed by atoms with E-state index in [0.717, 1.165) is 38.9 Å². The first-order chi connectivity index (χ1) is 60.8. The number of carbonyl (C=O) groups is 9. The first kappa shape index (κ1) is 96.6. The standard InChI is InChI=1S/C25H26ClNO6.C25H28ClNO5.C24H24ClNO6.C23H25ClN2O3/c1-16-24(25(29)33-15-18-5-3-4-6-21(18)30-2)20(17-7-9-19(26)10-8-17)13-22(28)27(16)14-23-31-11-12-32-23;1-17-24(25(29)32-16-19-7-4-5-8-22(19)31-3)21(18-9-11-20(26)12-10-18)15-23(28)27(17)13-6-14-30-2;1-15-23(24(29)32-14-17-6-4-5-7-20(17)30-2)19(16-8-10-18(25)11-9-16)12-21(27)26(15)13-22(28)31-3;1-16-22(23(28)25-15-17-6-4-3-5-7-17)20(18-8-10-19(24)11-9-18)14-21(27)26(16)12-13-29-2/h3-10,20,23H,11-15H2,1-2H3;4-5,7-12,21H,6,13-16H2,1-3H3;4-11,19H,12-14H2,1-3H3;3-11,20H,12-15H2,1-2H3,(H,25,28). The van der Waals surface area contributed by atoms with Crippen molar-refractivity contribution in [1.29, 1.82) is 0 Å². The number of hydrogen-bond acceptors (Lipinski definition) is 20. The molecule has 8 aromatic carbocycles. The van der Waals surface area contributed by atoms with Crippen LogP contribution in [0.5, 0.6) is 17.2 Å². The Morgan fingerprint density at radius 1 is 0.389 bits per heavy atom. The quantitative estimate of drug-likeness (QED) is 0.0249. The van der Waals surface area contributed by atoms with E-state index in [1.807, 2.05) is 134 Å². The minimum absolute atomic E-state index is 0.00207. The van der Waals surface area contributed by atoms with E-state index in [-0.39, 0.29) is 94.0 Å². The number of hydrogen-bond donors (Lipinski definition) is 1. The fraction of sp³-hybridized carbons (Fsp3) is 0.330. The predicted molar refractivity (Wildman–Crippen MR) is 476 cm³/mol. The van der Waals surface area contributed by atoms with Crippen LogP contribution in [0.4, 0.5) is 0 Å². The lowest BCUT2D eigenvalue weighted by Gasteiger charge is -2.35. The first-order valence-electron chi connectivity index (χ1n) is 40.8. The topological polar surface area (TPSA) is 280 Å². The number of benzene rings is 8. The highest BCUT2D eigenvalue weighted by molar-refractivity contribution is 6.31. The zero-order chi connectivity index (χ0) is 90.5. The van der Waals surface area contributed by atoms with Crippen LogP contribution in [0.2, 0.25) is 20.1 Å². The fourth-order valence-corrected chi connectivity index (χ4v) is 15.9. The maximum absolute atomic E-state index is 13.4. The van der Waals surface area contributed by atoms with Gasteiger partial charge in [0, 0.05) is 155 Å². The highest BCUT2D eigenvalue weighted by Gasteiger charge is 2.42. The second kappa shape index (κ2) is 47.6. The van der Waals surface area contributed by atoms with Crippen molar-refractivity contribution < 1.29 is 95.3 Å². The Bertz CT molecular complexity index is 5270. The number of ether oxygens (including phenoxy) is 11. The zero-order valence-electron chi connectivity index (χ0n) is 71.9. The number of nitrogens with zero attached hydrogens (tertiary/aromatic N) is 4. The van der Waals surface area contributed by atoms with Gasteiger partial charge in [0.1, 0.15) is 43.6 Å². The normalized spacial score (nSPS) is 17.1. The van der Waals surface area contributed by atoms with E-state index in [9.17, 15) is 43.2 Å². The summed E-state index contributed by atoms with van der Waals surface area (Å²) >= 11 is 24.1. The molecule has 4 atom stereocenters. The van der Waals surface area contributed by atoms with Crippen molar-refractivity contribution >= 4 is 99.8 Å². The second-order valence-electron chi connectivity index (χ2n) is 29.7. The van der Waals surface area contributed by atoms with Crippen molar-refractivity contribution in [1.82, 2.24) is 24.9 Å². The average molecular weight is 1800 g/mol. The molecule has 8 aromatic rings. The van der Waals surface area contributed by atoms with E-state index in [0.29, 0.717) is 140 Å². The third-order valence-electron chi connectivity index (χ3n) is 22.0. The molecule has 0 radical (unpaired) electrons. The Morgan fingerprint density at radius 3 is 1.09 bits per heavy atom. The fourth-order valence-electron chi connectivity index (χ4n) is 15.4. The van der Waals surface area contributed by atoms with Crippen LogP contribution < -0.4 is 19.5 Å². The van der Waals surface area contributed by atoms with Gasteiger partial charge in [-0.25, -0.2) is 14.4 Å². The molecule has 13 rings (SSSR count). The molecule has 25 nitrogen and oxygen atoms in total. The van der Waals surface area contributed by atoms with Crippen molar-refractivity contribution in [2.75, 3.05) is 95.3 Å². The van der Waals surface area contributed by atoms with Crippen LogP contribution in [-0.2, 0) is 107 Å². The molecule has 1 N–H and O–H groups in total. The molecule has 0 aliphatic carbocycles. The molecule has 4 unspecified atom stereocenters. The van der Waals surface area contributed by atoms with E-state index >= 15 is 0 Å². The molecule has 29 heteroatoms. The van der Waals surface area contributed by atoms with Gasteiger partial charge in [-0.1, -0.05) is 180 Å². The number of esters is 4. The Balaban J connectivity index is 0.000000176. The van der Waals surface area contributed by atoms with Crippen molar-refractivity contribution in [3.63, 3.8) is 0 Å². The highest BCUT2D eigenvalue weighted by atomic mass is 35.5. The third-order valence-corrected chi connectivity index (χ3v) is 23.0. The number of allylic oxidation sites excluding steroid dienone is 4. The van der Waals surface area contributed by atoms with Crippen molar-refractivity contribution in [2.45, 2.75) is 116 Å². The summed E-state index contributed by atoms with van der Waals surface area (Å²) in [5, 5.41) is 5.35. The predicted octanol–water partition coefficient (Wildman–Crippen LogP) is 16.5. The van der Waals surface area contributed by atoms with Gasteiger partial charge in [0.15, 0.2) is 6.29 Å². The smallest absolute Gasteiger partial charge is 0.336 e. The van der Waals surface area contributed by atoms with Gasteiger partial charge in [0.05, 0.1) is 71.5 Å². The molecular formula is C97H103Cl4N5O20. The van der Waals surface area contributed by atoms with Crippen LogP contribution in [0, 0.1) is 0 Å². The van der Waals surface area contributed by atoms with Crippen LogP contribution in [0.25, 0.3) is 0 Å². The molecule has 1 fully saturated rings. The lowest BCUT2D eigenvalue weighted by Crippen LogP contribution is -2.42. The van der Waals surface area contributed by atoms with Gasteiger partial charge in [0.25, 0.3) is 0 Å². The van der Waals surface area contributed by atoms with Crippen LogP contribution >= 0.6 is 46.4 Å². The molecule has 5 amide bonds. The Labute approximate surface area is 753 Å². The summed E-state index contributed by atoms with van der Waals surface area (Å²) < 4.78 is 59.0. The summed E-state index contributed by atoms with van der Waals surface area (Å²) in [6, 6.07) is 60.4. The molecule has 1 saturated heterocycles. The molecule has 0 spiro atoms. The molecule has 664 valence electrons. The minimum Gasteiger partial charge on any atom is -0.496 e. The van der Waals surface area contributed by atoms with E-state index < -0.39 is 47.9 Å². The number of nitrogens with one attached hydrogen (secondary N) is 1. The van der Waals surface area contributed by atoms with Crippen LogP contribution in [0.3, 0.4) is 0 Å². The molecule has 126 heavy (non-hydrogen) atoms. The number of amides is 5. The van der Waals surface area contributed by atoms with Crippen LogP contribution in [-0.4, -0.2) is 175 Å². The van der Waals surface area contributed by atoms with E-state index in [4.69, 9.17) is 98.5 Å². The summed E-state index contributed by atoms with van der Waals surface area (Å²) in [6.45, 7) is 10.3. The van der Waals surface area contributed by atoms with Gasteiger partial charge < -0.3 is 77.0 Å². The maximum atomic E-state index is 13.4. The Hall–Kier alpha value is -11.7. The number of carbonyl (C=O) groups excluding carboxylic acids is 9. The lowest BCUT2D eigenvalue weighted by atomic mass is 9.83. The number of rotatable bonds is 30. The molecular weight excluding hydrogens is 1700 g/mol. The second-order valence-corrected chi connectivity index (χ2v) is 31.5. The SMILES string of the molecule is COC(=O)CN1C(=O)CC(c2ccc(Cl)cc2)C(C(=O)OCc2ccccc2OC)=C1C.COCCCN1C(=O)CC(c2ccc(Cl)cc2)C(C(=O)OCc2ccccc2OC)=C1C.COCCN1C(=O)CC(c2ccc(Cl)cc2)C(C(=O)NCc2ccccc2)=C1C.COc1ccccc1COC(=O)C1=C(C)N(CC2OCCO2)C(=O)CC1c1ccc(Cl)cc1. The molecule has 5 aliphatic heterocycles. The van der Waals surface area contributed by atoms with Gasteiger partial charge in [0.2, 0.25) is 29.5 Å². The van der Waals surface area contributed by atoms with Gasteiger partial charge in [-0.2, -0.15) is 0 Å². The Kier molecular flexibility index (Phi) is 36.5. The van der Waals surface area contributed by atoms with Gasteiger partial charge >= 0.3 is 23.9 Å². The summed E-state index contributed by atoms with van der Waals surface area (Å²) in [4.78, 5) is 123. The third kappa shape index (κ3) is 25.6. The van der Waals surface area contributed by atoms with E-state index in [1.54, 1.807) is 144 Å². The highest BCUT2D eigenvalue weighted by Crippen LogP contribution is 2.43. The monoisotopic (exact) mass is 1800 g/mol. The zero-order valence-corrected chi connectivity index (χ0v) is 74.9. The molecule has 0 saturated carbocycles. The summed E-state index contributed by atoms with van der Waals surface area (Å²) in [5.74, 6) is -2.46. The minimum atomic E-state index is -0.579. The summed E-state index contributed by atoms with van der Waals surface area (Å²) in [7, 11) is 9.15. The van der Waals surface area contributed by atoms with E-state index in [1.165, 1.54) is 12.0 Å². The van der Waals surface area contributed by atoms with Gasteiger partial charge in [-0.05, 0) is 129 Å². The number of methoxy groups -OCH3 is 6. The summed E-state index contributed by atoms with van der Waals surface area (Å²) in [5.41, 5.74) is 10.6. The van der Waals surface area contributed by atoms with Crippen molar-refractivity contribution in [3.05, 3.63) is 310 Å².